The molecule has 0 N–H and O–H groups in total. The maximum Gasteiger partial charge on any atom is 0.186 e. The van der Waals surface area contributed by atoms with Crippen LogP contribution in [0.25, 0.3) is 20.4 Å². The zero-order chi connectivity index (χ0) is 19.3. The summed E-state index contributed by atoms with van der Waals surface area (Å²) in [6.45, 7) is 8.29. The first-order valence-electron chi connectivity index (χ1n) is 9.44. The first kappa shape index (κ1) is 18.2. The van der Waals surface area contributed by atoms with Gasteiger partial charge in [0.1, 0.15) is 0 Å². The molecule has 7 heteroatoms. The molecule has 3 heterocycles. The molecule has 4 nitrogen and oxygen atoms in total. The molecule has 5 rings (SSSR count). The smallest absolute Gasteiger partial charge is 0.186 e. The Hall–Kier alpha value is -1.83. The molecule has 0 radical (unpaired) electrons. The summed E-state index contributed by atoms with van der Waals surface area (Å²) in [6.07, 6.45) is 2.12. The van der Waals surface area contributed by atoms with E-state index in [0.29, 0.717) is 0 Å². The topological polar surface area (TPSA) is 32.3 Å². The van der Waals surface area contributed by atoms with Crippen molar-refractivity contribution in [3.8, 4) is 0 Å². The number of hydrogen-bond acceptors (Lipinski definition) is 7. The molecule has 4 aromatic rings. The average Bonchev–Trinajstić information content (AvgIpc) is 3.36. The summed E-state index contributed by atoms with van der Waals surface area (Å²) in [5, 5.41) is 2.30. The Kier molecular flexibility index (Phi) is 4.69. The molecule has 0 aliphatic carbocycles. The molecule has 1 saturated heterocycles. The first-order chi connectivity index (χ1) is 13.6. The van der Waals surface area contributed by atoms with E-state index in [1.165, 1.54) is 25.4 Å². The van der Waals surface area contributed by atoms with Crippen molar-refractivity contribution in [1.29, 1.82) is 0 Å². The van der Waals surface area contributed by atoms with Crippen LogP contribution in [0.2, 0.25) is 0 Å². The van der Waals surface area contributed by atoms with E-state index in [2.05, 4.69) is 60.2 Å². The fraction of sp³-hybridized carbons (Fsp3) is 0.333. The van der Waals surface area contributed by atoms with Crippen LogP contribution < -0.4 is 9.80 Å². The number of rotatable bonds is 3. The summed E-state index contributed by atoms with van der Waals surface area (Å²) >= 11 is 5.41. The zero-order valence-corrected chi connectivity index (χ0v) is 18.7. The summed E-state index contributed by atoms with van der Waals surface area (Å²) in [6, 6.07) is 10.8. The van der Waals surface area contributed by atoms with Gasteiger partial charge >= 0.3 is 0 Å². The Labute approximate surface area is 177 Å². The summed E-state index contributed by atoms with van der Waals surface area (Å²) in [5.41, 5.74) is 4.90. The van der Waals surface area contributed by atoms with E-state index in [1.54, 1.807) is 11.8 Å². The van der Waals surface area contributed by atoms with Crippen molar-refractivity contribution < 1.29 is 0 Å². The summed E-state index contributed by atoms with van der Waals surface area (Å²) in [5.74, 6) is 0. The lowest BCUT2D eigenvalue weighted by Gasteiger charge is -2.34. The maximum atomic E-state index is 4.96. The van der Waals surface area contributed by atoms with E-state index in [0.717, 1.165) is 47.5 Å². The van der Waals surface area contributed by atoms with Crippen molar-refractivity contribution in [3.63, 3.8) is 0 Å². The Bertz CT molecular complexity index is 1120. The van der Waals surface area contributed by atoms with Crippen molar-refractivity contribution in [2.75, 3.05) is 42.2 Å². The van der Waals surface area contributed by atoms with Crippen LogP contribution in [0.1, 0.15) is 11.1 Å². The number of fused-ring (bicyclic) bond motifs is 2. The molecule has 0 saturated carbocycles. The number of piperazine rings is 1. The number of aromatic nitrogens is 2. The second-order valence-corrected chi connectivity index (χ2v) is 9.99. The second-order valence-electron chi connectivity index (χ2n) is 7.15. The highest BCUT2D eigenvalue weighted by atomic mass is 32.2. The van der Waals surface area contributed by atoms with Gasteiger partial charge in [-0.2, -0.15) is 0 Å². The largest absolute Gasteiger partial charge is 0.345 e. The lowest BCUT2D eigenvalue weighted by Crippen LogP contribution is -2.46. The van der Waals surface area contributed by atoms with Crippen molar-refractivity contribution >= 4 is 65.1 Å². The predicted molar refractivity (Wildman–Crippen MR) is 125 cm³/mol. The molecular formula is C21H22N4S3. The number of nitrogens with zero attached hydrogens (tertiary/aromatic N) is 4. The lowest BCUT2D eigenvalue weighted by molar-refractivity contribution is 0.651. The SMILES string of the molecule is CSc1cccc2sc(N3CCN(c4nc5c(C)ccc(C)c5s4)CC3)nc12. The molecule has 1 aliphatic heterocycles. The number of para-hydroxylation sites is 1. The van der Waals surface area contributed by atoms with Gasteiger partial charge in [-0.1, -0.05) is 40.9 Å². The molecule has 0 atom stereocenters. The average molecular weight is 427 g/mol. The highest BCUT2D eigenvalue weighted by Gasteiger charge is 2.23. The molecule has 144 valence electrons. The Morgan fingerprint density at radius 3 is 2.14 bits per heavy atom. The Morgan fingerprint density at radius 1 is 0.821 bits per heavy atom. The van der Waals surface area contributed by atoms with E-state index < -0.39 is 0 Å². The van der Waals surface area contributed by atoms with E-state index >= 15 is 0 Å². The van der Waals surface area contributed by atoms with Gasteiger partial charge in [-0.05, 0) is 43.4 Å². The molecule has 1 aliphatic rings. The number of anilines is 2. The van der Waals surface area contributed by atoms with E-state index in [1.807, 2.05) is 22.7 Å². The van der Waals surface area contributed by atoms with Gasteiger partial charge in [0.15, 0.2) is 10.3 Å². The minimum atomic E-state index is 0.988. The summed E-state index contributed by atoms with van der Waals surface area (Å²) in [4.78, 5) is 16.0. The lowest BCUT2D eigenvalue weighted by atomic mass is 10.1. The maximum absolute atomic E-state index is 4.96. The molecular weight excluding hydrogens is 404 g/mol. The van der Waals surface area contributed by atoms with Crippen LogP contribution in [0.3, 0.4) is 0 Å². The highest BCUT2D eigenvalue weighted by Crippen LogP contribution is 2.36. The number of thioether (sulfide) groups is 1. The van der Waals surface area contributed by atoms with Gasteiger partial charge in [-0.25, -0.2) is 9.97 Å². The number of aryl methyl sites for hydroxylation is 2. The van der Waals surface area contributed by atoms with Crippen LogP contribution >= 0.6 is 34.4 Å². The minimum absolute atomic E-state index is 0.988. The fourth-order valence-electron chi connectivity index (χ4n) is 3.68. The van der Waals surface area contributed by atoms with Gasteiger partial charge in [0, 0.05) is 31.1 Å². The normalized spacial score (nSPS) is 15.1. The van der Waals surface area contributed by atoms with Gasteiger partial charge in [0.05, 0.1) is 20.4 Å². The predicted octanol–water partition coefficient (Wildman–Crippen LogP) is 5.57. The third-order valence-corrected chi connectivity index (χ3v) is 8.44. The molecule has 2 aromatic carbocycles. The summed E-state index contributed by atoms with van der Waals surface area (Å²) in [7, 11) is 0. The molecule has 0 bridgehead atoms. The van der Waals surface area contributed by atoms with E-state index in [4.69, 9.17) is 9.97 Å². The fourth-order valence-corrected chi connectivity index (χ4v) is 6.52. The van der Waals surface area contributed by atoms with E-state index in [-0.39, 0.29) is 0 Å². The Balaban J connectivity index is 1.37. The van der Waals surface area contributed by atoms with Crippen LogP contribution in [0.15, 0.2) is 35.2 Å². The van der Waals surface area contributed by atoms with Gasteiger partial charge < -0.3 is 9.80 Å². The molecule has 1 fully saturated rings. The van der Waals surface area contributed by atoms with Gasteiger partial charge in [0.25, 0.3) is 0 Å². The second kappa shape index (κ2) is 7.21. The van der Waals surface area contributed by atoms with Gasteiger partial charge in [-0.3, -0.25) is 0 Å². The first-order valence-corrected chi connectivity index (χ1v) is 12.3. The standard InChI is InChI=1S/C21H22N4S3/c1-13-7-8-14(2)19-17(13)22-21(28-19)25-11-9-24(10-12-25)20-23-18-15(26-3)5-4-6-16(18)27-20/h4-8H,9-12H2,1-3H3. The van der Waals surface area contributed by atoms with Crippen LogP contribution in [0.4, 0.5) is 10.3 Å². The quantitative estimate of drug-likeness (QED) is 0.400. The molecule has 0 unspecified atom stereocenters. The number of hydrogen-bond donors (Lipinski definition) is 0. The minimum Gasteiger partial charge on any atom is -0.345 e. The molecule has 2 aromatic heterocycles. The van der Waals surface area contributed by atoms with Crippen LogP contribution in [0.5, 0.6) is 0 Å². The highest BCUT2D eigenvalue weighted by molar-refractivity contribution is 7.98. The third-order valence-electron chi connectivity index (χ3n) is 5.34. The third kappa shape index (κ3) is 3.06. The molecule has 0 amide bonds. The monoisotopic (exact) mass is 426 g/mol. The molecule has 28 heavy (non-hydrogen) atoms. The van der Waals surface area contributed by atoms with Crippen LogP contribution in [-0.4, -0.2) is 42.4 Å². The number of thiazole rings is 2. The van der Waals surface area contributed by atoms with Crippen molar-refractivity contribution in [2.24, 2.45) is 0 Å². The summed E-state index contributed by atoms with van der Waals surface area (Å²) < 4.78 is 2.61. The van der Waals surface area contributed by atoms with Gasteiger partial charge in [0.2, 0.25) is 0 Å². The van der Waals surface area contributed by atoms with Crippen LogP contribution in [-0.2, 0) is 0 Å². The van der Waals surface area contributed by atoms with Crippen molar-refractivity contribution in [1.82, 2.24) is 9.97 Å². The molecule has 0 spiro atoms. The van der Waals surface area contributed by atoms with Crippen molar-refractivity contribution in [2.45, 2.75) is 18.7 Å². The van der Waals surface area contributed by atoms with Crippen LogP contribution in [0, 0.1) is 13.8 Å². The number of benzene rings is 2. The van der Waals surface area contributed by atoms with E-state index in [9.17, 15) is 0 Å². The zero-order valence-electron chi connectivity index (χ0n) is 16.2. The Morgan fingerprint density at radius 2 is 1.46 bits per heavy atom. The van der Waals surface area contributed by atoms with Gasteiger partial charge in [-0.15, -0.1) is 11.8 Å². The van der Waals surface area contributed by atoms with Crippen molar-refractivity contribution in [3.05, 3.63) is 41.5 Å².